The average molecular weight is 502 g/mol. The number of aromatic nitrogens is 3. The second kappa shape index (κ2) is 9.03. The first-order chi connectivity index (χ1) is 17.8. The molecule has 190 valence electrons. The molecule has 2 fully saturated rings. The van der Waals surface area contributed by atoms with E-state index in [9.17, 15) is 19.1 Å². The van der Waals surface area contributed by atoms with Crippen molar-refractivity contribution in [2.45, 2.75) is 57.6 Å². The molecule has 1 aliphatic carbocycles. The molecule has 1 N–H and O–H groups in total. The fourth-order valence-electron chi connectivity index (χ4n) is 5.66. The molecule has 3 unspecified atom stereocenters. The molecule has 2 aliphatic rings. The van der Waals surface area contributed by atoms with Gasteiger partial charge in [-0.25, -0.2) is 9.07 Å². The summed E-state index contributed by atoms with van der Waals surface area (Å²) in [6.07, 6.45) is 4.85. The largest absolute Gasteiger partial charge is 0.481 e. The molecule has 1 saturated carbocycles. The van der Waals surface area contributed by atoms with Gasteiger partial charge in [-0.3, -0.25) is 14.6 Å². The van der Waals surface area contributed by atoms with E-state index in [0.717, 1.165) is 57.8 Å². The first kappa shape index (κ1) is 23.7. The van der Waals surface area contributed by atoms with Crippen LogP contribution in [0.25, 0.3) is 32.8 Å². The van der Waals surface area contributed by atoms with Gasteiger partial charge in [0.1, 0.15) is 11.7 Å². The molecule has 1 saturated heterocycles. The smallest absolute Gasteiger partial charge is 0.314 e. The van der Waals surface area contributed by atoms with Gasteiger partial charge in [-0.1, -0.05) is 26.0 Å². The maximum absolute atomic E-state index is 13.8. The third-order valence-electron chi connectivity index (χ3n) is 7.67. The summed E-state index contributed by atoms with van der Waals surface area (Å²) in [7, 11) is 0. The SMILES string of the molecule is CC(C)c1nc(C2CC(C(=O)O)C2=O)c2cc3c(cnn3C3CCCCO3)cc2c1-c1ccc(F)cc1. The molecule has 0 amide bonds. The van der Waals surface area contributed by atoms with Crippen molar-refractivity contribution in [1.82, 2.24) is 14.8 Å². The van der Waals surface area contributed by atoms with Crippen molar-refractivity contribution >= 4 is 33.4 Å². The quantitative estimate of drug-likeness (QED) is 0.339. The monoisotopic (exact) mass is 501 g/mol. The molecule has 37 heavy (non-hydrogen) atoms. The summed E-state index contributed by atoms with van der Waals surface area (Å²) in [5.41, 5.74) is 4.00. The zero-order chi connectivity index (χ0) is 25.8. The van der Waals surface area contributed by atoms with Crippen molar-refractivity contribution in [2.24, 2.45) is 5.92 Å². The number of hydrogen-bond acceptors (Lipinski definition) is 5. The van der Waals surface area contributed by atoms with E-state index in [4.69, 9.17) is 9.72 Å². The summed E-state index contributed by atoms with van der Waals surface area (Å²) in [5.74, 6) is -3.28. The molecule has 2 aromatic carbocycles. The van der Waals surface area contributed by atoms with Crippen molar-refractivity contribution in [3.05, 3.63) is 59.8 Å². The number of carboxylic acids is 1. The standard InChI is InChI=1S/C29H28FN3O4/c1-15(2)26-25(16-6-8-18(30)9-7-16)19-11-17-14-31-33(24-5-3-4-10-37-24)23(17)13-20(19)27(32-26)21-12-22(28(21)34)29(35)36/h6-9,11,13-15,21-22,24H,3-5,10,12H2,1-2H3,(H,35,36). The highest BCUT2D eigenvalue weighted by Gasteiger charge is 2.46. The number of hydrogen-bond donors (Lipinski definition) is 1. The lowest BCUT2D eigenvalue weighted by atomic mass is 9.70. The van der Waals surface area contributed by atoms with Crippen molar-refractivity contribution in [3.63, 3.8) is 0 Å². The van der Waals surface area contributed by atoms with E-state index in [1.54, 1.807) is 12.1 Å². The summed E-state index contributed by atoms with van der Waals surface area (Å²) < 4.78 is 21.7. The lowest BCUT2D eigenvalue weighted by Crippen LogP contribution is -2.41. The first-order valence-corrected chi connectivity index (χ1v) is 12.8. The zero-order valence-electron chi connectivity index (χ0n) is 20.8. The molecule has 7 nitrogen and oxygen atoms in total. The van der Waals surface area contributed by atoms with E-state index in [-0.39, 0.29) is 30.2 Å². The number of fused-ring (bicyclic) bond motifs is 2. The molecule has 4 aromatic rings. The number of benzene rings is 2. The van der Waals surface area contributed by atoms with Crippen molar-refractivity contribution in [1.29, 1.82) is 0 Å². The van der Waals surface area contributed by atoms with Crippen molar-refractivity contribution in [3.8, 4) is 11.1 Å². The topological polar surface area (TPSA) is 94.3 Å². The Bertz CT molecular complexity index is 1540. The summed E-state index contributed by atoms with van der Waals surface area (Å²) in [4.78, 5) is 29.5. The minimum Gasteiger partial charge on any atom is -0.481 e. The van der Waals surface area contributed by atoms with Gasteiger partial charge >= 0.3 is 5.97 Å². The lowest BCUT2D eigenvalue weighted by molar-refractivity contribution is -0.152. The molecule has 0 bridgehead atoms. The van der Waals surface area contributed by atoms with Crippen LogP contribution in [-0.2, 0) is 14.3 Å². The van der Waals surface area contributed by atoms with Crippen LogP contribution in [0, 0.1) is 11.7 Å². The molecule has 8 heteroatoms. The molecule has 0 radical (unpaired) electrons. The minimum atomic E-state index is -1.09. The van der Waals surface area contributed by atoms with Gasteiger partial charge in [-0.15, -0.1) is 0 Å². The van der Waals surface area contributed by atoms with Crippen molar-refractivity contribution in [2.75, 3.05) is 6.61 Å². The predicted octanol–water partition coefficient (Wildman–Crippen LogP) is 5.97. The Morgan fingerprint density at radius 1 is 1.16 bits per heavy atom. The van der Waals surface area contributed by atoms with Gasteiger partial charge in [0.05, 0.1) is 29.0 Å². The van der Waals surface area contributed by atoms with Crippen LogP contribution in [0.4, 0.5) is 4.39 Å². The van der Waals surface area contributed by atoms with Crippen LogP contribution < -0.4 is 0 Å². The molecule has 0 spiro atoms. The maximum Gasteiger partial charge on any atom is 0.314 e. The first-order valence-electron chi connectivity index (χ1n) is 12.8. The third-order valence-corrected chi connectivity index (χ3v) is 7.67. The van der Waals surface area contributed by atoms with Gasteiger partial charge < -0.3 is 9.84 Å². The molecule has 6 rings (SSSR count). The van der Waals surface area contributed by atoms with Crippen LogP contribution in [0.2, 0.25) is 0 Å². The van der Waals surface area contributed by atoms with Crippen LogP contribution >= 0.6 is 0 Å². The van der Waals surface area contributed by atoms with Gasteiger partial charge in [-0.2, -0.15) is 5.10 Å². The zero-order valence-corrected chi connectivity index (χ0v) is 20.8. The molecule has 3 heterocycles. The Morgan fingerprint density at radius 3 is 2.59 bits per heavy atom. The van der Waals surface area contributed by atoms with E-state index in [1.165, 1.54) is 12.1 Å². The normalized spacial score (nSPS) is 22.1. The average Bonchev–Trinajstić information content (AvgIpc) is 3.30. The van der Waals surface area contributed by atoms with Crippen LogP contribution in [0.15, 0.2) is 42.6 Å². The fraction of sp³-hybridized carbons (Fsp3) is 0.379. The number of carbonyl (C=O) groups excluding carboxylic acids is 1. The summed E-state index contributed by atoms with van der Waals surface area (Å²) in [6.45, 7) is 4.75. The number of nitrogens with zero attached hydrogens (tertiary/aromatic N) is 3. The molecular formula is C29H28FN3O4. The fourth-order valence-corrected chi connectivity index (χ4v) is 5.66. The second-order valence-corrected chi connectivity index (χ2v) is 10.4. The Balaban J connectivity index is 1.63. The van der Waals surface area contributed by atoms with Crippen LogP contribution in [0.3, 0.4) is 0 Å². The number of rotatable bonds is 5. The number of halogens is 1. The third kappa shape index (κ3) is 3.91. The van der Waals surface area contributed by atoms with E-state index in [1.807, 2.05) is 30.8 Å². The number of carboxylic acid groups (broad SMARTS) is 1. The summed E-state index contributed by atoms with van der Waals surface area (Å²) >= 11 is 0. The Labute approximate surface area is 213 Å². The molecule has 1 aliphatic heterocycles. The van der Waals surface area contributed by atoms with E-state index in [0.29, 0.717) is 12.3 Å². The van der Waals surface area contributed by atoms with Crippen LogP contribution in [0.5, 0.6) is 0 Å². The number of ketones is 1. The molecule has 2 aromatic heterocycles. The predicted molar refractivity (Wildman–Crippen MR) is 137 cm³/mol. The molecular weight excluding hydrogens is 473 g/mol. The molecule has 3 atom stereocenters. The highest BCUT2D eigenvalue weighted by molar-refractivity contribution is 6.11. The van der Waals surface area contributed by atoms with Gasteiger partial charge in [0.25, 0.3) is 0 Å². The van der Waals surface area contributed by atoms with Gasteiger partial charge in [0.2, 0.25) is 0 Å². The highest BCUT2D eigenvalue weighted by Crippen LogP contribution is 2.45. The van der Waals surface area contributed by atoms with Gasteiger partial charge in [-0.05, 0) is 66.8 Å². The number of ether oxygens (including phenoxy) is 1. The van der Waals surface area contributed by atoms with E-state index in [2.05, 4.69) is 11.2 Å². The minimum absolute atomic E-state index is 0.0164. The number of pyridine rings is 1. The Hall–Kier alpha value is -3.65. The number of Topliss-reactive ketones (excluding diaryl/α,β-unsaturated/α-hetero) is 1. The maximum atomic E-state index is 13.8. The van der Waals surface area contributed by atoms with Gasteiger partial charge in [0, 0.05) is 22.9 Å². The number of carbonyl (C=O) groups is 2. The van der Waals surface area contributed by atoms with E-state index < -0.39 is 17.8 Å². The summed E-state index contributed by atoms with van der Waals surface area (Å²) in [6, 6.07) is 10.4. The Kier molecular flexibility index (Phi) is 5.79. The lowest BCUT2D eigenvalue weighted by Gasteiger charge is -2.32. The highest BCUT2D eigenvalue weighted by atomic mass is 19.1. The summed E-state index contributed by atoms with van der Waals surface area (Å²) in [5, 5.41) is 16.7. The van der Waals surface area contributed by atoms with Gasteiger partial charge in [0.15, 0.2) is 12.0 Å². The van der Waals surface area contributed by atoms with Crippen molar-refractivity contribution < 1.29 is 23.8 Å². The second-order valence-electron chi connectivity index (χ2n) is 10.4. The Morgan fingerprint density at radius 2 is 1.95 bits per heavy atom. The van der Waals surface area contributed by atoms with Crippen LogP contribution in [0.1, 0.15) is 69.0 Å². The van der Waals surface area contributed by atoms with E-state index >= 15 is 0 Å². The number of aliphatic carboxylic acids is 1. The van der Waals surface area contributed by atoms with Crippen LogP contribution in [-0.4, -0.2) is 38.2 Å².